The lowest BCUT2D eigenvalue weighted by Crippen LogP contribution is -2.49. The van der Waals surface area contributed by atoms with Gasteiger partial charge in [-0.05, 0) is 33.6 Å². The Morgan fingerprint density at radius 2 is 2.04 bits per heavy atom. The summed E-state index contributed by atoms with van der Waals surface area (Å²) < 4.78 is 0. The second-order valence-corrected chi connectivity index (χ2v) is 8.44. The minimum atomic E-state index is -0.243. The molecule has 7 heteroatoms. The van der Waals surface area contributed by atoms with Gasteiger partial charge in [0, 0.05) is 29.3 Å². The van der Waals surface area contributed by atoms with Gasteiger partial charge in [0.15, 0.2) is 5.13 Å². The number of rotatable bonds is 2. The number of anilines is 1. The molecule has 2 aliphatic rings. The summed E-state index contributed by atoms with van der Waals surface area (Å²) >= 11 is 1.49. The summed E-state index contributed by atoms with van der Waals surface area (Å²) in [6, 6.07) is -0.0448. The predicted octanol–water partition coefficient (Wildman–Crippen LogP) is 2.75. The molecule has 1 aromatic heterocycles. The van der Waals surface area contributed by atoms with Crippen molar-refractivity contribution >= 4 is 28.4 Å². The van der Waals surface area contributed by atoms with Gasteiger partial charge in [0.25, 0.3) is 0 Å². The smallest absolute Gasteiger partial charge is 0.318 e. The zero-order valence-electron chi connectivity index (χ0n) is 13.9. The molecule has 1 saturated carbocycles. The SMILES string of the molecule is CC(C)(C)NC(=O)N1CCc2nc(NC(=O)C3CCC3)sc2C1. The summed E-state index contributed by atoms with van der Waals surface area (Å²) in [6.07, 6.45) is 3.85. The summed E-state index contributed by atoms with van der Waals surface area (Å²) in [4.78, 5) is 31.7. The third kappa shape index (κ3) is 3.83. The van der Waals surface area contributed by atoms with Crippen molar-refractivity contribution in [2.45, 2.75) is 58.5 Å². The molecule has 3 rings (SSSR count). The molecular formula is C16H24N4O2S. The van der Waals surface area contributed by atoms with Crippen LogP contribution in [0.1, 0.15) is 50.6 Å². The standard InChI is InChI=1S/C16H24N4O2S/c1-16(2,3)19-15(22)20-8-7-11-12(9-20)23-14(17-11)18-13(21)10-5-4-6-10/h10H,4-9H2,1-3H3,(H,19,22)(H,17,18,21). The minimum absolute atomic E-state index is 0.0448. The van der Waals surface area contributed by atoms with Crippen LogP contribution in [0.4, 0.5) is 9.93 Å². The van der Waals surface area contributed by atoms with Crippen LogP contribution in [-0.4, -0.2) is 33.9 Å². The monoisotopic (exact) mass is 336 g/mol. The molecule has 2 heterocycles. The number of nitrogens with one attached hydrogen (secondary N) is 2. The zero-order valence-corrected chi connectivity index (χ0v) is 14.8. The van der Waals surface area contributed by atoms with E-state index in [1.54, 1.807) is 0 Å². The van der Waals surface area contributed by atoms with Gasteiger partial charge in [-0.1, -0.05) is 17.8 Å². The molecule has 0 bridgehead atoms. The molecule has 0 radical (unpaired) electrons. The number of fused-ring (bicyclic) bond motifs is 1. The van der Waals surface area contributed by atoms with Crippen LogP contribution in [0.25, 0.3) is 0 Å². The number of carbonyl (C=O) groups is 2. The van der Waals surface area contributed by atoms with Crippen molar-refractivity contribution < 1.29 is 9.59 Å². The summed E-state index contributed by atoms with van der Waals surface area (Å²) in [5.41, 5.74) is 0.770. The van der Waals surface area contributed by atoms with Crippen LogP contribution in [0.5, 0.6) is 0 Å². The fraction of sp³-hybridized carbons (Fsp3) is 0.688. The highest BCUT2D eigenvalue weighted by Crippen LogP contribution is 2.31. The van der Waals surface area contributed by atoms with E-state index in [0.717, 1.165) is 36.3 Å². The number of aromatic nitrogens is 1. The highest BCUT2D eigenvalue weighted by Gasteiger charge is 2.28. The number of amides is 3. The fourth-order valence-corrected chi connectivity index (χ4v) is 3.73. The Balaban J connectivity index is 1.62. The molecule has 23 heavy (non-hydrogen) atoms. The van der Waals surface area contributed by atoms with Crippen molar-refractivity contribution in [3.8, 4) is 0 Å². The van der Waals surface area contributed by atoms with Gasteiger partial charge in [-0.3, -0.25) is 4.79 Å². The number of carbonyl (C=O) groups excluding carboxylic acids is 2. The van der Waals surface area contributed by atoms with Gasteiger partial charge >= 0.3 is 6.03 Å². The fourth-order valence-electron chi connectivity index (χ4n) is 2.70. The van der Waals surface area contributed by atoms with E-state index >= 15 is 0 Å². The van der Waals surface area contributed by atoms with Crippen LogP contribution < -0.4 is 10.6 Å². The van der Waals surface area contributed by atoms with Crippen molar-refractivity contribution in [1.29, 1.82) is 0 Å². The van der Waals surface area contributed by atoms with Crippen molar-refractivity contribution in [1.82, 2.24) is 15.2 Å². The van der Waals surface area contributed by atoms with Crippen molar-refractivity contribution in [2.75, 3.05) is 11.9 Å². The average Bonchev–Trinajstić information content (AvgIpc) is 2.75. The van der Waals surface area contributed by atoms with Crippen LogP contribution in [-0.2, 0) is 17.8 Å². The molecule has 1 aromatic rings. The first-order valence-electron chi connectivity index (χ1n) is 8.18. The minimum Gasteiger partial charge on any atom is -0.333 e. The second kappa shape index (κ2) is 6.11. The summed E-state index contributed by atoms with van der Waals surface area (Å²) in [5, 5.41) is 6.59. The molecule has 1 aliphatic heterocycles. The second-order valence-electron chi connectivity index (χ2n) is 7.36. The van der Waals surface area contributed by atoms with Gasteiger partial charge < -0.3 is 15.5 Å². The molecule has 0 atom stereocenters. The number of hydrogen-bond donors (Lipinski definition) is 2. The molecule has 6 nitrogen and oxygen atoms in total. The summed E-state index contributed by atoms with van der Waals surface area (Å²) in [5.74, 6) is 0.245. The van der Waals surface area contributed by atoms with Crippen molar-refractivity contribution in [2.24, 2.45) is 5.92 Å². The van der Waals surface area contributed by atoms with Gasteiger partial charge in [-0.15, -0.1) is 0 Å². The molecule has 0 unspecified atom stereocenters. The third-order valence-electron chi connectivity index (χ3n) is 4.21. The number of urea groups is 1. The first-order chi connectivity index (χ1) is 10.8. The maximum Gasteiger partial charge on any atom is 0.318 e. The van der Waals surface area contributed by atoms with Crippen molar-refractivity contribution in [3.05, 3.63) is 10.6 Å². The summed E-state index contributed by atoms with van der Waals surface area (Å²) in [7, 11) is 0. The van der Waals surface area contributed by atoms with Gasteiger partial charge in [-0.2, -0.15) is 0 Å². The van der Waals surface area contributed by atoms with Crippen LogP contribution in [0.15, 0.2) is 0 Å². The van der Waals surface area contributed by atoms with E-state index in [2.05, 4.69) is 15.6 Å². The Hall–Kier alpha value is -1.63. The van der Waals surface area contributed by atoms with E-state index in [1.165, 1.54) is 11.3 Å². The Kier molecular flexibility index (Phi) is 4.31. The number of nitrogens with zero attached hydrogens (tertiary/aromatic N) is 2. The molecule has 2 N–H and O–H groups in total. The predicted molar refractivity (Wildman–Crippen MR) is 90.5 cm³/mol. The largest absolute Gasteiger partial charge is 0.333 e. The Bertz CT molecular complexity index is 616. The van der Waals surface area contributed by atoms with E-state index in [9.17, 15) is 9.59 Å². The first kappa shape index (κ1) is 16.2. The van der Waals surface area contributed by atoms with Crippen molar-refractivity contribution in [3.63, 3.8) is 0 Å². The highest BCUT2D eigenvalue weighted by atomic mass is 32.1. The summed E-state index contributed by atoms with van der Waals surface area (Å²) in [6.45, 7) is 7.14. The van der Waals surface area contributed by atoms with Gasteiger partial charge in [-0.25, -0.2) is 9.78 Å². The lowest BCUT2D eigenvalue weighted by atomic mass is 9.85. The average molecular weight is 336 g/mol. The molecular weight excluding hydrogens is 312 g/mol. The Labute approximate surface area is 140 Å². The highest BCUT2D eigenvalue weighted by molar-refractivity contribution is 7.15. The van der Waals surface area contributed by atoms with Crippen LogP contribution >= 0.6 is 11.3 Å². The maximum absolute atomic E-state index is 12.3. The maximum atomic E-state index is 12.3. The molecule has 0 aromatic carbocycles. The lowest BCUT2D eigenvalue weighted by molar-refractivity contribution is -0.122. The molecule has 0 saturated heterocycles. The molecule has 1 aliphatic carbocycles. The van der Waals surface area contributed by atoms with E-state index in [1.807, 2.05) is 25.7 Å². The van der Waals surface area contributed by atoms with Gasteiger partial charge in [0.2, 0.25) is 5.91 Å². The Morgan fingerprint density at radius 3 is 2.65 bits per heavy atom. The quantitative estimate of drug-likeness (QED) is 0.872. The van der Waals surface area contributed by atoms with Crippen LogP contribution in [0, 0.1) is 5.92 Å². The van der Waals surface area contributed by atoms with E-state index in [0.29, 0.717) is 18.2 Å². The van der Waals surface area contributed by atoms with Crippen LogP contribution in [0.2, 0.25) is 0 Å². The number of thiazole rings is 1. The molecule has 1 fully saturated rings. The van der Waals surface area contributed by atoms with E-state index < -0.39 is 0 Å². The zero-order chi connectivity index (χ0) is 16.6. The molecule has 126 valence electrons. The van der Waals surface area contributed by atoms with Gasteiger partial charge in [0.05, 0.1) is 12.2 Å². The molecule has 3 amide bonds. The van der Waals surface area contributed by atoms with E-state index in [4.69, 9.17) is 0 Å². The van der Waals surface area contributed by atoms with Gasteiger partial charge in [0.1, 0.15) is 0 Å². The number of hydrogen-bond acceptors (Lipinski definition) is 4. The van der Waals surface area contributed by atoms with E-state index in [-0.39, 0.29) is 23.4 Å². The third-order valence-corrected chi connectivity index (χ3v) is 5.20. The first-order valence-corrected chi connectivity index (χ1v) is 9.00. The lowest BCUT2D eigenvalue weighted by Gasteiger charge is -2.30. The topological polar surface area (TPSA) is 74.3 Å². The van der Waals surface area contributed by atoms with Crippen LogP contribution in [0.3, 0.4) is 0 Å². The molecule has 0 spiro atoms. The Morgan fingerprint density at radius 1 is 1.30 bits per heavy atom. The normalized spacial score (nSPS) is 18.1.